The van der Waals surface area contributed by atoms with Gasteiger partial charge in [-0.15, -0.1) is 12.4 Å². The number of halogens is 6. The summed E-state index contributed by atoms with van der Waals surface area (Å²) in [5.74, 6) is -5.78. The molecule has 2 aromatic carbocycles. The van der Waals surface area contributed by atoms with Gasteiger partial charge in [0.25, 0.3) is 5.92 Å². The van der Waals surface area contributed by atoms with Gasteiger partial charge in [-0.1, -0.05) is 17.7 Å². The molecular weight excluding hydrogens is 473 g/mol. The Labute approximate surface area is 193 Å². The van der Waals surface area contributed by atoms with Crippen molar-refractivity contribution in [2.45, 2.75) is 43.8 Å². The van der Waals surface area contributed by atoms with Crippen molar-refractivity contribution in [3.63, 3.8) is 0 Å². The molecule has 0 spiro atoms. The molecule has 4 nitrogen and oxygen atoms in total. The first kappa shape index (κ1) is 24.6. The van der Waals surface area contributed by atoms with Gasteiger partial charge >= 0.3 is 5.97 Å². The van der Waals surface area contributed by atoms with Crippen molar-refractivity contribution >= 4 is 30.0 Å². The van der Waals surface area contributed by atoms with E-state index in [1.165, 1.54) is 23.1 Å². The number of hydrogen-bond donors (Lipinski definition) is 1. The molecule has 1 saturated heterocycles. The summed E-state index contributed by atoms with van der Waals surface area (Å²) in [6, 6.07) is 6.01. The Morgan fingerprint density at radius 2 is 1.94 bits per heavy atom. The summed E-state index contributed by atoms with van der Waals surface area (Å²) in [6.45, 7) is -0.297. The van der Waals surface area contributed by atoms with Gasteiger partial charge in [-0.2, -0.15) is 0 Å². The third-order valence-corrected chi connectivity index (χ3v) is 5.84. The lowest BCUT2D eigenvalue weighted by molar-refractivity contribution is -0.103. The van der Waals surface area contributed by atoms with Crippen molar-refractivity contribution in [1.82, 2.24) is 4.90 Å². The van der Waals surface area contributed by atoms with E-state index in [-0.39, 0.29) is 42.2 Å². The van der Waals surface area contributed by atoms with Crippen molar-refractivity contribution in [3.8, 4) is 5.75 Å². The number of hydrogen-bond acceptors (Lipinski definition) is 3. The van der Waals surface area contributed by atoms with Gasteiger partial charge < -0.3 is 9.84 Å². The van der Waals surface area contributed by atoms with E-state index in [4.69, 9.17) is 21.4 Å². The predicted molar refractivity (Wildman–Crippen MR) is 113 cm³/mol. The number of carbonyl (C=O) groups is 1. The number of benzene rings is 2. The van der Waals surface area contributed by atoms with Crippen LogP contribution >= 0.6 is 24.0 Å². The minimum atomic E-state index is -3.05. The summed E-state index contributed by atoms with van der Waals surface area (Å²) in [7, 11) is 0. The van der Waals surface area contributed by atoms with E-state index in [1.54, 1.807) is 0 Å². The van der Waals surface area contributed by atoms with Gasteiger partial charge in [0.1, 0.15) is 23.5 Å². The third kappa shape index (κ3) is 5.66. The summed E-state index contributed by atoms with van der Waals surface area (Å²) in [5.41, 5.74) is 0.576. The molecule has 0 amide bonds. The van der Waals surface area contributed by atoms with E-state index in [2.05, 4.69) is 0 Å². The number of rotatable bonds is 6. The summed E-state index contributed by atoms with van der Waals surface area (Å²) < 4.78 is 62.2. The molecule has 174 valence electrons. The second-order valence-corrected chi connectivity index (χ2v) is 8.56. The molecule has 1 aliphatic heterocycles. The van der Waals surface area contributed by atoms with Crippen molar-refractivity contribution in [3.05, 3.63) is 63.7 Å². The Morgan fingerprint density at radius 3 is 2.56 bits per heavy atom. The molecule has 1 aliphatic carbocycles. The van der Waals surface area contributed by atoms with Crippen molar-refractivity contribution in [2.24, 2.45) is 0 Å². The molecule has 1 heterocycles. The van der Waals surface area contributed by atoms with Crippen LogP contribution in [0.5, 0.6) is 5.75 Å². The quantitative estimate of drug-likeness (QED) is 0.508. The van der Waals surface area contributed by atoms with Gasteiger partial charge in [-0.25, -0.2) is 22.4 Å². The highest BCUT2D eigenvalue weighted by Crippen LogP contribution is 2.46. The molecule has 32 heavy (non-hydrogen) atoms. The lowest BCUT2D eigenvalue weighted by Crippen LogP contribution is -2.50. The van der Waals surface area contributed by atoms with Crippen LogP contribution in [0.25, 0.3) is 0 Å². The van der Waals surface area contributed by atoms with Gasteiger partial charge in [0.05, 0.1) is 18.5 Å². The van der Waals surface area contributed by atoms with Gasteiger partial charge in [-0.3, -0.25) is 4.90 Å². The van der Waals surface area contributed by atoms with Crippen LogP contribution in [0.2, 0.25) is 5.02 Å². The van der Waals surface area contributed by atoms with E-state index in [9.17, 15) is 22.4 Å². The second kappa shape index (κ2) is 9.45. The van der Waals surface area contributed by atoms with E-state index in [1.807, 2.05) is 0 Å². The Morgan fingerprint density at radius 1 is 1.22 bits per heavy atom. The highest BCUT2D eigenvalue weighted by atomic mass is 35.5. The number of aromatic carboxylic acids is 1. The van der Waals surface area contributed by atoms with Gasteiger partial charge in [-0.05, 0) is 48.1 Å². The van der Waals surface area contributed by atoms with Crippen LogP contribution in [0.3, 0.4) is 0 Å². The minimum Gasteiger partial charge on any atom is -0.488 e. The lowest BCUT2D eigenvalue weighted by atomic mass is 10.0. The molecule has 2 aromatic rings. The molecule has 2 fully saturated rings. The van der Waals surface area contributed by atoms with Crippen LogP contribution in [0.4, 0.5) is 17.6 Å². The average molecular weight is 494 g/mol. The fourth-order valence-corrected chi connectivity index (χ4v) is 4.19. The molecule has 1 N–H and O–H groups in total. The van der Waals surface area contributed by atoms with E-state index >= 15 is 0 Å². The largest absolute Gasteiger partial charge is 0.488 e. The maximum absolute atomic E-state index is 14.4. The van der Waals surface area contributed by atoms with Crippen LogP contribution in [-0.4, -0.2) is 41.1 Å². The van der Waals surface area contributed by atoms with Crippen LogP contribution in [-0.2, 0) is 6.54 Å². The van der Waals surface area contributed by atoms with Crippen LogP contribution in [0, 0.1) is 11.6 Å². The van der Waals surface area contributed by atoms with Gasteiger partial charge in [0.15, 0.2) is 0 Å². The summed E-state index contributed by atoms with van der Waals surface area (Å²) in [6.07, 6.45) is 0.122. The molecule has 1 saturated carbocycles. The van der Waals surface area contributed by atoms with Crippen molar-refractivity contribution < 1.29 is 32.2 Å². The molecule has 2 aliphatic rings. The standard InChI is InChI=1S/C22H20ClF4NO3.ClH/c23-18-5-14(24)4-3-13(18)9-28-10-15(8-22(26,27)11-28)31-20-7-19(25)17(21(29)30)6-16(20)12-1-2-12;/h3-7,12,15H,1-2,8-11H2,(H,29,30);1H/t15-;/m1./s1. The van der Waals surface area contributed by atoms with Crippen LogP contribution in [0.15, 0.2) is 30.3 Å². The van der Waals surface area contributed by atoms with Crippen LogP contribution < -0.4 is 4.74 Å². The molecule has 0 radical (unpaired) electrons. The fourth-order valence-electron chi connectivity index (χ4n) is 3.96. The highest BCUT2D eigenvalue weighted by molar-refractivity contribution is 6.31. The Hall–Kier alpha value is -2.03. The molecule has 1 atom stereocenters. The highest BCUT2D eigenvalue weighted by Gasteiger charge is 2.42. The molecule has 0 bridgehead atoms. The molecule has 4 rings (SSSR count). The number of nitrogens with zero attached hydrogens (tertiary/aromatic N) is 1. The Bertz CT molecular complexity index is 1020. The maximum Gasteiger partial charge on any atom is 0.338 e. The molecule has 0 aromatic heterocycles. The summed E-state index contributed by atoms with van der Waals surface area (Å²) >= 11 is 6.03. The van der Waals surface area contributed by atoms with Crippen LogP contribution in [0.1, 0.15) is 46.7 Å². The SMILES string of the molecule is Cl.O=C(O)c1cc(C2CC2)c(O[C@H]2CN(Cc3ccc(F)cc3Cl)CC(F)(F)C2)cc1F. The number of ether oxygens (including phenoxy) is 1. The van der Waals surface area contributed by atoms with E-state index in [0.29, 0.717) is 11.1 Å². The number of piperidine rings is 1. The first-order valence-corrected chi connectivity index (χ1v) is 10.3. The zero-order chi connectivity index (χ0) is 22.3. The topological polar surface area (TPSA) is 49.8 Å². The first-order chi connectivity index (χ1) is 14.6. The molecule has 10 heteroatoms. The fraction of sp³-hybridized carbons (Fsp3) is 0.409. The molecule has 0 unspecified atom stereocenters. The number of carboxylic acid groups (broad SMARTS) is 1. The first-order valence-electron chi connectivity index (χ1n) is 9.89. The normalized spacial score (nSPS) is 20.5. The third-order valence-electron chi connectivity index (χ3n) is 5.49. The molecular formula is C22H21Cl2F4NO3. The zero-order valence-electron chi connectivity index (χ0n) is 16.8. The Balaban J connectivity index is 0.00000289. The summed E-state index contributed by atoms with van der Waals surface area (Å²) in [5, 5.41) is 9.31. The van der Waals surface area contributed by atoms with Crippen molar-refractivity contribution in [2.75, 3.05) is 13.1 Å². The Kier molecular flexibility index (Phi) is 7.27. The smallest absolute Gasteiger partial charge is 0.338 e. The average Bonchev–Trinajstić information content (AvgIpc) is 3.47. The van der Waals surface area contributed by atoms with Gasteiger partial charge in [0.2, 0.25) is 0 Å². The minimum absolute atomic E-state index is 0. The lowest BCUT2D eigenvalue weighted by Gasteiger charge is -2.38. The maximum atomic E-state index is 14.4. The zero-order valence-corrected chi connectivity index (χ0v) is 18.4. The number of likely N-dealkylation sites (tertiary alicyclic amines) is 1. The summed E-state index contributed by atoms with van der Waals surface area (Å²) in [4.78, 5) is 12.7. The predicted octanol–water partition coefficient (Wildman–Crippen LogP) is 5.90. The monoisotopic (exact) mass is 493 g/mol. The van der Waals surface area contributed by atoms with E-state index in [0.717, 1.165) is 25.0 Å². The number of alkyl halides is 2. The van der Waals surface area contributed by atoms with Crippen molar-refractivity contribution in [1.29, 1.82) is 0 Å². The van der Waals surface area contributed by atoms with E-state index < -0.39 is 48.2 Å². The second-order valence-electron chi connectivity index (χ2n) is 8.15. The van der Waals surface area contributed by atoms with Gasteiger partial charge in [0, 0.05) is 24.2 Å². The number of carboxylic acids is 1.